The first-order valence-electron chi connectivity index (χ1n) is 7.25. The van der Waals surface area contributed by atoms with Crippen LogP contribution in [0.4, 0.5) is 5.82 Å². The minimum absolute atomic E-state index is 0.443. The molecule has 4 nitrogen and oxygen atoms in total. The van der Waals surface area contributed by atoms with Crippen LogP contribution in [0, 0.1) is 0 Å². The van der Waals surface area contributed by atoms with Gasteiger partial charge in [-0.05, 0) is 23.8 Å². The van der Waals surface area contributed by atoms with Crippen LogP contribution >= 0.6 is 0 Å². The van der Waals surface area contributed by atoms with Gasteiger partial charge in [0.1, 0.15) is 5.82 Å². The van der Waals surface area contributed by atoms with Crippen molar-refractivity contribution >= 4 is 5.82 Å². The zero-order valence-corrected chi connectivity index (χ0v) is 12.2. The third kappa shape index (κ3) is 3.30. The molecule has 0 amide bonds. The van der Waals surface area contributed by atoms with E-state index in [0.717, 1.165) is 28.2 Å². The smallest absolute Gasteiger partial charge is 0.130 e. The van der Waals surface area contributed by atoms with Gasteiger partial charge >= 0.3 is 0 Å². The minimum atomic E-state index is 0.443. The number of nitrogens with one attached hydrogen (secondary N) is 1. The second-order valence-electron chi connectivity index (χ2n) is 4.98. The van der Waals surface area contributed by atoms with E-state index in [2.05, 4.69) is 33.5 Å². The molecule has 0 aliphatic rings. The molecule has 0 radical (unpaired) electrons. The van der Waals surface area contributed by atoms with Crippen LogP contribution in [0.25, 0.3) is 11.1 Å². The topological polar surface area (TPSA) is 63.8 Å². The van der Waals surface area contributed by atoms with Gasteiger partial charge in [-0.25, -0.2) is 4.98 Å². The number of pyridine rings is 2. The summed E-state index contributed by atoms with van der Waals surface area (Å²) in [5.74, 6) is 0.813. The fourth-order valence-electron chi connectivity index (χ4n) is 2.29. The van der Waals surface area contributed by atoms with E-state index < -0.39 is 0 Å². The highest BCUT2D eigenvalue weighted by Crippen LogP contribution is 2.23. The summed E-state index contributed by atoms with van der Waals surface area (Å²) in [7, 11) is 0. The monoisotopic (exact) mass is 290 g/mol. The van der Waals surface area contributed by atoms with Crippen molar-refractivity contribution in [1.29, 1.82) is 0 Å². The van der Waals surface area contributed by atoms with Crippen molar-refractivity contribution in [2.75, 3.05) is 5.32 Å². The first kappa shape index (κ1) is 14.2. The van der Waals surface area contributed by atoms with Gasteiger partial charge in [0.2, 0.25) is 0 Å². The standard InChI is InChI=1S/C18H18N4/c19-11-15-10-16(14-6-2-1-3-7-14)12-21-18(15)22-13-17-8-4-5-9-20-17/h1-10,12H,11,13,19H2,(H,21,22). The summed E-state index contributed by atoms with van der Waals surface area (Å²) in [5.41, 5.74) is 10.1. The molecule has 0 saturated carbocycles. The molecular formula is C18H18N4. The molecule has 0 saturated heterocycles. The van der Waals surface area contributed by atoms with E-state index in [1.54, 1.807) is 6.20 Å². The summed E-state index contributed by atoms with van der Waals surface area (Å²) in [6.45, 7) is 1.07. The lowest BCUT2D eigenvalue weighted by Crippen LogP contribution is -2.08. The largest absolute Gasteiger partial charge is 0.364 e. The Morgan fingerprint density at radius 2 is 1.73 bits per heavy atom. The Morgan fingerprint density at radius 1 is 0.909 bits per heavy atom. The highest BCUT2D eigenvalue weighted by atomic mass is 15.0. The van der Waals surface area contributed by atoms with E-state index in [9.17, 15) is 0 Å². The van der Waals surface area contributed by atoms with Crippen LogP contribution in [0.2, 0.25) is 0 Å². The van der Waals surface area contributed by atoms with Gasteiger partial charge in [-0.1, -0.05) is 36.4 Å². The lowest BCUT2D eigenvalue weighted by atomic mass is 10.1. The molecule has 2 heterocycles. The predicted molar refractivity (Wildman–Crippen MR) is 89.1 cm³/mol. The van der Waals surface area contributed by atoms with Gasteiger partial charge in [0.15, 0.2) is 0 Å². The second kappa shape index (κ2) is 6.83. The first-order chi connectivity index (χ1) is 10.9. The zero-order valence-electron chi connectivity index (χ0n) is 12.2. The number of rotatable bonds is 5. The summed E-state index contributed by atoms with van der Waals surface area (Å²) >= 11 is 0. The fraction of sp³-hybridized carbons (Fsp3) is 0.111. The van der Waals surface area contributed by atoms with Crippen molar-refractivity contribution < 1.29 is 0 Å². The highest BCUT2D eigenvalue weighted by molar-refractivity contribution is 5.65. The van der Waals surface area contributed by atoms with Crippen LogP contribution < -0.4 is 11.1 Å². The van der Waals surface area contributed by atoms with Crippen LogP contribution in [0.1, 0.15) is 11.3 Å². The summed E-state index contributed by atoms with van der Waals surface area (Å²) in [6.07, 6.45) is 3.65. The number of aromatic nitrogens is 2. The predicted octanol–water partition coefficient (Wildman–Crippen LogP) is 3.21. The average molecular weight is 290 g/mol. The first-order valence-corrected chi connectivity index (χ1v) is 7.25. The Kier molecular flexibility index (Phi) is 4.41. The van der Waals surface area contributed by atoms with Crippen LogP contribution in [0.15, 0.2) is 67.0 Å². The second-order valence-corrected chi connectivity index (χ2v) is 4.98. The molecule has 0 aliphatic carbocycles. The van der Waals surface area contributed by atoms with Crippen molar-refractivity contribution in [3.63, 3.8) is 0 Å². The molecule has 22 heavy (non-hydrogen) atoms. The van der Waals surface area contributed by atoms with Crippen molar-refractivity contribution in [2.24, 2.45) is 5.73 Å². The maximum absolute atomic E-state index is 5.87. The summed E-state index contributed by atoms with van der Waals surface area (Å²) in [4.78, 5) is 8.81. The Labute approximate surface area is 130 Å². The van der Waals surface area contributed by atoms with Gasteiger partial charge in [0.25, 0.3) is 0 Å². The van der Waals surface area contributed by atoms with Crippen molar-refractivity contribution in [2.45, 2.75) is 13.1 Å². The molecule has 0 aliphatic heterocycles. The van der Waals surface area contributed by atoms with Gasteiger partial charge in [-0.2, -0.15) is 0 Å². The van der Waals surface area contributed by atoms with Gasteiger partial charge in [0, 0.05) is 30.1 Å². The summed E-state index contributed by atoms with van der Waals surface area (Å²) < 4.78 is 0. The molecule has 3 N–H and O–H groups in total. The molecule has 3 aromatic rings. The normalized spacial score (nSPS) is 10.4. The fourth-order valence-corrected chi connectivity index (χ4v) is 2.29. The van der Waals surface area contributed by atoms with Crippen molar-refractivity contribution in [3.8, 4) is 11.1 Å². The van der Waals surface area contributed by atoms with Crippen LogP contribution in [-0.4, -0.2) is 9.97 Å². The lowest BCUT2D eigenvalue weighted by molar-refractivity contribution is 0.994. The number of nitrogens with two attached hydrogens (primary N) is 1. The van der Waals surface area contributed by atoms with E-state index in [1.165, 1.54) is 0 Å². The molecule has 110 valence electrons. The maximum Gasteiger partial charge on any atom is 0.130 e. The molecule has 0 unspecified atom stereocenters. The Balaban J connectivity index is 1.80. The van der Waals surface area contributed by atoms with Crippen molar-refractivity contribution in [3.05, 3.63) is 78.2 Å². The van der Waals surface area contributed by atoms with Crippen LogP contribution in [0.3, 0.4) is 0 Å². The molecular weight excluding hydrogens is 272 g/mol. The Bertz CT molecular complexity index is 727. The number of anilines is 1. The lowest BCUT2D eigenvalue weighted by Gasteiger charge is -2.11. The number of hydrogen-bond acceptors (Lipinski definition) is 4. The van der Waals surface area contributed by atoms with Gasteiger partial charge in [0.05, 0.1) is 12.2 Å². The minimum Gasteiger partial charge on any atom is -0.364 e. The SMILES string of the molecule is NCc1cc(-c2ccccc2)cnc1NCc1ccccn1. The molecule has 3 rings (SSSR count). The number of nitrogens with zero attached hydrogens (tertiary/aromatic N) is 2. The van der Waals surface area contributed by atoms with E-state index in [4.69, 9.17) is 5.73 Å². The third-order valence-electron chi connectivity index (χ3n) is 3.46. The van der Waals surface area contributed by atoms with E-state index in [1.807, 2.05) is 42.6 Å². The molecule has 4 heteroatoms. The third-order valence-corrected chi connectivity index (χ3v) is 3.46. The molecule has 0 atom stereocenters. The average Bonchev–Trinajstić information content (AvgIpc) is 2.61. The Morgan fingerprint density at radius 3 is 2.45 bits per heavy atom. The zero-order chi connectivity index (χ0) is 15.2. The highest BCUT2D eigenvalue weighted by Gasteiger charge is 2.06. The van der Waals surface area contributed by atoms with E-state index in [0.29, 0.717) is 13.1 Å². The van der Waals surface area contributed by atoms with Gasteiger partial charge in [-0.15, -0.1) is 0 Å². The van der Waals surface area contributed by atoms with Gasteiger partial charge < -0.3 is 11.1 Å². The molecule has 2 aromatic heterocycles. The van der Waals surface area contributed by atoms with Crippen molar-refractivity contribution in [1.82, 2.24) is 9.97 Å². The quantitative estimate of drug-likeness (QED) is 0.757. The van der Waals surface area contributed by atoms with E-state index >= 15 is 0 Å². The molecule has 0 fully saturated rings. The number of benzene rings is 1. The molecule has 1 aromatic carbocycles. The van der Waals surface area contributed by atoms with Crippen LogP contribution in [0.5, 0.6) is 0 Å². The molecule has 0 bridgehead atoms. The maximum atomic E-state index is 5.87. The van der Waals surface area contributed by atoms with Crippen LogP contribution in [-0.2, 0) is 13.1 Å². The molecule has 0 spiro atoms. The Hall–Kier alpha value is -2.72. The van der Waals surface area contributed by atoms with Gasteiger partial charge in [-0.3, -0.25) is 4.98 Å². The summed E-state index contributed by atoms with van der Waals surface area (Å²) in [6, 6.07) is 18.1. The number of hydrogen-bond donors (Lipinski definition) is 2. The summed E-state index contributed by atoms with van der Waals surface area (Å²) in [5, 5.41) is 3.31. The van der Waals surface area contributed by atoms with E-state index in [-0.39, 0.29) is 0 Å².